The largest absolute Gasteiger partial charge is 0.481 e. The van der Waals surface area contributed by atoms with Gasteiger partial charge in [-0.05, 0) is 43.5 Å². The molecule has 110 valence electrons. The van der Waals surface area contributed by atoms with E-state index in [1.54, 1.807) is 0 Å². The second kappa shape index (κ2) is 5.53. The SMILES string of the molecule is Cc1ccc(Cl)c2ccc(N3CCC(C(=O)O)CC3)nc12. The molecule has 0 radical (unpaired) electrons. The summed E-state index contributed by atoms with van der Waals surface area (Å²) in [4.78, 5) is 17.9. The summed E-state index contributed by atoms with van der Waals surface area (Å²) in [6.45, 7) is 3.48. The number of aliphatic carboxylic acids is 1. The molecule has 0 saturated carbocycles. The van der Waals surface area contributed by atoms with E-state index in [4.69, 9.17) is 21.7 Å². The quantitative estimate of drug-likeness (QED) is 0.922. The molecule has 1 aliphatic heterocycles. The summed E-state index contributed by atoms with van der Waals surface area (Å²) in [6, 6.07) is 7.82. The highest BCUT2D eigenvalue weighted by molar-refractivity contribution is 6.35. The summed E-state index contributed by atoms with van der Waals surface area (Å²) >= 11 is 6.20. The van der Waals surface area contributed by atoms with E-state index in [0.717, 1.165) is 35.4 Å². The zero-order valence-electron chi connectivity index (χ0n) is 11.8. The number of hydrogen-bond acceptors (Lipinski definition) is 3. The second-order valence-corrected chi connectivity index (χ2v) is 5.94. The average Bonchev–Trinajstić information content (AvgIpc) is 2.51. The van der Waals surface area contributed by atoms with Gasteiger partial charge in [0, 0.05) is 23.5 Å². The number of fused-ring (bicyclic) bond motifs is 1. The van der Waals surface area contributed by atoms with Crippen LogP contribution in [-0.2, 0) is 4.79 Å². The highest BCUT2D eigenvalue weighted by Crippen LogP contribution is 2.29. The van der Waals surface area contributed by atoms with Crippen LogP contribution in [0.3, 0.4) is 0 Å². The number of piperidine rings is 1. The highest BCUT2D eigenvalue weighted by atomic mass is 35.5. The lowest BCUT2D eigenvalue weighted by molar-refractivity contribution is -0.142. The molecule has 1 aromatic heterocycles. The molecule has 0 amide bonds. The van der Waals surface area contributed by atoms with E-state index in [1.165, 1.54) is 0 Å². The number of carbonyl (C=O) groups is 1. The van der Waals surface area contributed by atoms with Gasteiger partial charge in [0.15, 0.2) is 0 Å². The van der Waals surface area contributed by atoms with Crippen molar-refractivity contribution in [2.75, 3.05) is 18.0 Å². The van der Waals surface area contributed by atoms with Crippen molar-refractivity contribution in [3.05, 3.63) is 34.9 Å². The van der Waals surface area contributed by atoms with Crippen LogP contribution in [0.5, 0.6) is 0 Å². The van der Waals surface area contributed by atoms with Gasteiger partial charge in [-0.3, -0.25) is 4.79 Å². The van der Waals surface area contributed by atoms with Crippen LogP contribution in [0, 0.1) is 12.8 Å². The predicted molar refractivity (Wildman–Crippen MR) is 84.1 cm³/mol. The van der Waals surface area contributed by atoms with Crippen molar-refractivity contribution in [1.82, 2.24) is 4.98 Å². The van der Waals surface area contributed by atoms with Crippen molar-refractivity contribution in [3.8, 4) is 0 Å². The van der Waals surface area contributed by atoms with E-state index < -0.39 is 5.97 Å². The molecular formula is C16H17ClN2O2. The molecule has 1 fully saturated rings. The Balaban J connectivity index is 1.89. The number of rotatable bonds is 2. The Kier molecular flexibility index (Phi) is 3.72. The Hall–Kier alpha value is -1.81. The van der Waals surface area contributed by atoms with E-state index in [-0.39, 0.29) is 5.92 Å². The summed E-state index contributed by atoms with van der Waals surface area (Å²) in [7, 11) is 0. The lowest BCUT2D eigenvalue weighted by atomic mass is 9.97. The molecule has 0 bridgehead atoms. The van der Waals surface area contributed by atoms with Gasteiger partial charge in [0.05, 0.1) is 11.4 Å². The third-order valence-electron chi connectivity index (χ3n) is 4.16. The van der Waals surface area contributed by atoms with Gasteiger partial charge >= 0.3 is 5.97 Å². The molecule has 2 heterocycles. The van der Waals surface area contributed by atoms with Crippen molar-refractivity contribution in [2.45, 2.75) is 19.8 Å². The van der Waals surface area contributed by atoms with E-state index in [1.807, 2.05) is 31.2 Å². The molecule has 4 nitrogen and oxygen atoms in total. The maximum atomic E-state index is 11.0. The molecule has 2 aromatic rings. The Labute approximate surface area is 128 Å². The summed E-state index contributed by atoms with van der Waals surface area (Å²) in [5.74, 6) is -0.0154. The number of benzene rings is 1. The molecule has 1 N–H and O–H groups in total. The maximum absolute atomic E-state index is 11.0. The number of aromatic nitrogens is 1. The molecule has 0 aliphatic carbocycles. The van der Waals surface area contributed by atoms with Crippen LogP contribution in [0.1, 0.15) is 18.4 Å². The number of pyridine rings is 1. The van der Waals surface area contributed by atoms with Crippen LogP contribution in [0.2, 0.25) is 5.02 Å². The van der Waals surface area contributed by atoms with Crippen molar-refractivity contribution < 1.29 is 9.90 Å². The summed E-state index contributed by atoms with van der Waals surface area (Å²) in [5, 5.41) is 10.7. The third-order valence-corrected chi connectivity index (χ3v) is 4.49. The first-order valence-corrected chi connectivity index (χ1v) is 7.47. The van der Waals surface area contributed by atoms with Gasteiger partial charge < -0.3 is 10.0 Å². The molecule has 21 heavy (non-hydrogen) atoms. The number of hydrogen-bond donors (Lipinski definition) is 1. The molecule has 5 heteroatoms. The van der Waals surface area contributed by atoms with Crippen LogP contribution in [0.25, 0.3) is 10.9 Å². The Morgan fingerprint density at radius 1 is 1.29 bits per heavy atom. The topological polar surface area (TPSA) is 53.4 Å². The standard InChI is InChI=1S/C16H17ClN2O2/c1-10-2-4-13(17)12-3-5-14(18-15(10)12)19-8-6-11(7-9-19)16(20)21/h2-5,11H,6-9H2,1H3,(H,20,21). The van der Waals surface area contributed by atoms with Crippen molar-refractivity contribution >= 4 is 34.3 Å². The molecule has 1 saturated heterocycles. The number of anilines is 1. The lowest BCUT2D eigenvalue weighted by Crippen LogP contribution is -2.36. The zero-order chi connectivity index (χ0) is 15.0. The van der Waals surface area contributed by atoms with Gasteiger partial charge in [-0.2, -0.15) is 0 Å². The fourth-order valence-corrected chi connectivity index (χ4v) is 3.06. The minimum absolute atomic E-state index is 0.224. The normalized spacial score (nSPS) is 16.4. The third kappa shape index (κ3) is 2.68. The van der Waals surface area contributed by atoms with Gasteiger partial charge in [0.1, 0.15) is 5.82 Å². The highest BCUT2D eigenvalue weighted by Gasteiger charge is 2.25. The monoisotopic (exact) mass is 304 g/mol. The summed E-state index contributed by atoms with van der Waals surface area (Å²) in [6.07, 6.45) is 1.34. The van der Waals surface area contributed by atoms with Gasteiger partial charge in [0.2, 0.25) is 0 Å². The lowest BCUT2D eigenvalue weighted by Gasteiger charge is -2.31. The number of carboxylic acids is 1. The Morgan fingerprint density at radius 3 is 2.67 bits per heavy atom. The van der Waals surface area contributed by atoms with Crippen LogP contribution < -0.4 is 4.90 Å². The number of halogens is 1. The van der Waals surface area contributed by atoms with E-state index in [2.05, 4.69) is 4.90 Å². The molecular weight excluding hydrogens is 288 g/mol. The van der Waals surface area contributed by atoms with E-state index >= 15 is 0 Å². The number of aryl methyl sites for hydroxylation is 1. The van der Waals surface area contributed by atoms with Gasteiger partial charge in [-0.15, -0.1) is 0 Å². The maximum Gasteiger partial charge on any atom is 0.306 e. The van der Waals surface area contributed by atoms with Gasteiger partial charge in [0.25, 0.3) is 0 Å². The molecule has 1 aromatic carbocycles. The fourth-order valence-electron chi connectivity index (χ4n) is 2.84. The predicted octanol–water partition coefficient (Wildman–Crippen LogP) is 3.50. The second-order valence-electron chi connectivity index (χ2n) is 5.53. The smallest absolute Gasteiger partial charge is 0.306 e. The zero-order valence-corrected chi connectivity index (χ0v) is 12.6. The Bertz CT molecular complexity index is 694. The van der Waals surface area contributed by atoms with E-state index in [9.17, 15) is 4.79 Å². The summed E-state index contributed by atoms with van der Waals surface area (Å²) < 4.78 is 0. The van der Waals surface area contributed by atoms with Crippen LogP contribution in [0.15, 0.2) is 24.3 Å². The minimum atomic E-state index is -0.691. The molecule has 3 rings (SSSR count). The molecule has 1 aliphatic rings. The number of carboxylic acid groups (broad SMARTS) is 1. The molecule has 0 unspecified atom stereocenters. The molecule has 0 atom stereocenters. The first-order chi connectivity index (χ1) is 10.1. The van der Waals surface area contributed by atoms with Crippen LogP contribution >= 0.6 is 11.6 Å². The summed E-state index contributed by atoms with van der Waals surface area (Å²) in [5.41, 5.74) is 2.01. The number of nitrogens with zero attached hydrogens (tertiary/aromatic N) is 2. The minimum Gasteiger partial charge on any atom is -0.481 e. The van der Waals surface area contributed by atoms with Crippen LogP contribution in [0.4, 0.5) is 5.82 Å². The molecule has 0 spiro atoms. The average molecular weight is 305 g/mol. The van der Waals surface area contributed by atoms with Crippen LogP contribution in [-0.4, -0.2) is 29.1 Å². The first-order valence-electron chi connectivity index (χ1n) is 7.10. The Morgan fingerprint density at radius 2 is 2.00 bits per heavy atom. The fraction of sp³-hybridized carbons (Fsp3) is 0.375. The first kappa shape index (κ1) is 14.1. The van der Waals surface area contributed by atoms with Crippen molar-refractivity contribution in [1.29, 1.82) is 0 Å². The van der Waals surface area contributed by atoms with Crippen molar-refractivity contribution in [3.63, 3.8) is 0 Å². The van der Waals surface area contributed by atoms with E-state index in [0.29, 0.717) is 17.9 Å². The van der Waals surface area contributed by atoms with Gasteiger partial charge in [-0.1, -0.05) is 17.7 Å². The van der Waals surface area contributed by atoms with Crippen molar-refractivity contribution in [2.24, 2.45) is 5.92 Å². The van der Waals surface area contributed by atoms with Gasteiger partial charge in [-0.25, -0.2) is 4.98 Å².